The van der Waals surface area contributed by atoms with Gasteiger partial charge in [0.1, 0.15) is 6.10 Å². The summed E-state index contributed by atoms with van der Waals surface area (Å²) in [4.78, 5) is 4.58. The lowest BCUT2D eigenvalue weighted by Crippen LogP contribution is -2.41. The van der Waals surface area contributed by atoms with Crippen LogP contribution in [0.4, 0.5) is 0 Å². The Kier molecular flexibility index (Phi) is 4.29. The summed E-state index contributed by atoms with van der Waals surface area (Å²) in [6, 6.07) is 0. The Labute approximate surface area is 137 Å². The molecule has 4 nitrogen and oxygen atoms in total. The molecule has 0 unspecified atom stereocenters. The summed E-state index contributed by atoms with van der Waals surface area (Å²) in [7, 11) is -0.341. The van der Waals surface area contributed by atoms with E-state index in [0.29, 0.717) is 6.10 Å². The minimum absolute atomic E-state index is 0.321. The van der Waals surface area contributed by atoms with Crippen molar-refractivity contribution in [3.8, 4) is 5.19 Å². The lowest BCUT2D eigenvalue weighted by atomic mass is 9.86. The number of thiazole rings is 1. The smallest absolute Gasteiger partial charge is 0.467 e. The highest BCUT2D eigenvalue weighted by atomic mass is 32.1. The van der Waals surface area contributed by atoms with Crippen molar-refractivity contribution in [3.05, 3.63) is 5.69 Å². The first kappa shape index (κ1) is 16.3. The molecule has 0 bridgehead atoms. The fourth-order valence-corrected chi connectivity index (χ4v) is 3.87. The summed E-state index contributed by atoms with van der Waals surface area (Å²) in [5.74, 6) is 0. The fourth-order valence-electron chi connectivity index (χ4n) is 2.93. The van der Waals surface area contributed by atoms with Gasteiger partial charge in [-0.05, 0) is 60.3 Å². The zero-order valence-corrected chi connectivity index (χ0v) is 15.1. The summed E-state index contributed by atoms with van der Waals surface area (Å²) in [5.41, 5.74) is 0.311. The van der Waals surface area contributed by atoms with E-state index in [1.807, 2.05) is 6.92 Å². The lowest BCUT2D eigenvalue weighted by Gasteiger charge is -2.32. The van der Waals surface area contributed by atoms with Crippen LogP contribution in [-0.2, 0) is 9.31 Å². The predicted molar refractivity (Wildman–Crippen MR) is 90.1 cm³/mol. The van der Waals surface area contributed by atoms with Crippen molar-refractivity contribution in [1.82, 2.24) is 4.98 Å². The number of aromatic nitrogens is 1. The summed E-state index contributed by atoms with van der Waals surface area (Å²) in [6.07, 6.45) is 6.47. The predicted octanol–water partition coefficient (Wildman–Crippen LogP) is 3.46. The van der Waals surface area contributed by atoms with Crippen LogP contribution in [0.5, 0.6) is 5.19 Å². The Hall–Kier alpha value is -0.585. The third kappa shape index (κ3) is 3.06. The van der Waals surface area contributed by atoms with Gasteiger partial charge in [0.2, 0.25) is 0 Å². The monoisotopic (exact) mass is 323 g/mol. The molecule has 0 N–H and O–H groups in total. The van der Waals surface area contributed by atoms with Gasteiger partial charge in [0.25, 0.3) is 5.19 Å². The first-order valence-corrected chi connectivity index (χ1v) is 9.10. The van der Waals surface area contributed by atoms with Gasteiger partial charge < -0.3 is 14.0 Å². The van der Waals surface area contributed by atoms with Crippen LogP contribution in [0.3, 0.4) is 0 Å². The van der Waals surface area contributed by atoms with E-state index >= 15 is 0 Å². The average Bonchev–Trinajstić information content (AvgIpc) is 2.88. The Bertz CT molecular complexity index is 521. The normalized spacial score (nSPS) is 24.7. The standard InChI is InChI=1S/C16H26BNO3S/c1-11-13(17-20-15(2,3)16(4,5)21-17)22-14(18-11)19-12-9-7-6-8-10-12/h12H,6-10H2,1-5H3. The molecule has 0 atom stereocenters. The van der Waals surface area contributed by atoms with E-state index in [0.717, 1.165) is 28.5 Å². The SMILES string of the molecule is Cc1nc(OC2CCCCC2)sc1B1OC(C)(C)C(C)(C)O1. The van der Waals surface area contributed by atoms with E-state index in [1.54, 1.807) is 11.3 Å². The summed E-state index contributed by atoms with van der Waals surface area (Å²) >= 11 is 1.57. The van der Waals surface area contributed by atoms with Gasteiger partial charge in [0.15, 0.2) is 0 Å². The molecule has 0 amide bonds. The molecule has 1 saturated carbocycles. The number of rotatable bonds is 3. The van der Waals surface area contributed by atoms with Crippen molar-refractivity contribution in [1.29, 1.82) is 0 Å². The molecule has 122 valence electrons. The first-order chi connectivity index (χ1) is 10.3. The summed E-state index contributed by atoms with van der Waals surface area (Å²) in [5, 5.41) is 0.758. The molecule has 0 spiro atoms. The van der Waals surface area contributed by atoms with Gasteiger partial charge in [-0.2, -0.15) is 0 Å². The van der Waals surface area contributed by atoms with Gasteiger partial charge in [0.05, 0.1) is 21.7 Å². The molecule has 1 saturated heterocycles. The molecule has 6 heteroatoms. The largest absolute Gasteiger partial charge is 0.507 e. The third-order valence-electron chi connectivity index (χ3n) is 5.10. The molecule has 22 heavy (non-hydrogen) atoms. The molecule has 0 radical (unpaired) electrons. The Morgan fingerprint density at radius 2 is 1.68 bits per heavy atom. The number of hydrogen-bond donors (Lipinski definition) is 0. The van der Waals surface area contributed by atoms with E-state index < -0.39 is 0 Å². The molecular formula is C16H26BNO3S. The van der Waals surface area contributed by atoms with Crippen LogP contribution >= 0.6 is 11.3 Å². The third-order valence-corrected chi connectivity index (χ3v) is 6.17. The van der Waals surface area contributed by atoms with Gasteiger partial charge in [-0.1, -0.05) is 17.8 Å². The van der Waals surface area contributed by atoms with Crippen molar-refractivity contribution in [3.63, 3.8) is 0 Å². The van der Waals surface area contributed by atoms with E-state index in [1.165, 1.54) is 19.3 Å². The van der Waals surface area contributed by atoms with E-state index in [4.69, 9.17) is 14.0 Å². The number of nitrogens with zero attached hydrogens (tertiary/aromatic N) is 1. The Morgan fingerprint density at radius 3 is 2.27 bits per heavy atom. The highest BCUT2D eigenvalue weighted by Gasteiger charge is 2.53. The molecule has 1 aliphatic heterocycles. The van der Waals surface area contributed by atoms with Gasteiger partial charge in [0, 0.05) is 0 Å². The first-order valence-electron chi connectivity index (χ1n) is 8.28. The van der Waals surface area contributed by atoms with Gasteiger partial charge in [-0.25, -0.2) is 4.98 Å². The highest BCUT2D eigenvalue weighted by Crippen LogP contribution is 2.37. The van der Waals surface area contributed by atoms with Crippen LogP contribution in [0.25, 0.3) is 0 Å². The van der Waals surface area contributed by atoms with Crippen molar-refractivity contribution in [2.45, 2.75) is 84.0 Å². The highest BCUT2D eigenvalue weighted by molar-refractivity contribution is 7.23. The van der Waals surface area contributed by atoms with E-state index in [2.05, 4.69) is 32.7 Å². The van der Waals surface area contributed by atoms with Crippen LogP contribution in [0.15, 0.2) is 0 Å². The summed E-state index contributed by atoms with van der Waals surface area (Å²) < 4.78 is 19.4. The molecule has 2 fully saturated rings. The second kappa shape index (κ2) is 5.80. The number of aryl methyl sites for hydroxylation is 1. The zero-order valence-electron chi connectivity index (χ0n) is 14.3. The molecule has 2 aliphatic rings. The Balaban J connectivity index is 1.73. The number of hydrogen-bond acceptors (Lipinski definition) is 5. The summed E-state index contributed by atoms with van der Waals surface area (Å²) in [6.45, 7) is 10.3. The van der Waals surface area contributed by atoms with Crippen LogP contribution in [0, 0.1) is 6.92 Å². The van der Waals surface area contributed by atoms with Crippen LogP contribution in [0.2, 0.25) is 0 Å². The quantitative estimate of drug-likeness (QED) is 0.799. The molecular weight excluding hydrogens is 297 g/mol. The van der Waals surface area contributed by atoms with Crippen molar-refractivity contribution in [2.24, 2.45) is 0 Å². The Morgan fingerprint density at radius 1 is 1.09 bits per heavy atom. The van der Waals surface area contributed by atoms with Gasteiger partial charge in [-0.3, -0.25) is 0 Å². The van der Waals surface area contributed by atoms with Gasteiger partial charge in [-0.15, -0.1) is 0 Å². The number of ether oxygens (including phenoxy) is 1. The maximum absolute atomic E-state index is 6.13. The van der Waals surface area contributed by atoms with Crippen LogP contribution < -0.4 is 9.51 Å². The second-order valence-corrected chi connectivity index (χ2v) is 8.39. The van der Waals surface area contributed by atoms with Crippen molar-refractivity contribution in [2.75, 3.05) is 0 Å². The maximum atomic E-state index is 6.13. The van der Waals surface area contributed by atoms with E-state index in [-0.39, 0.29) is 18.3 Å². The van der Waals surface area contributed by atoms with Crippen LogP contribution in [-0.4, -0.2) is 29.4 Å². The van der Waals surface area contributed by atoms with E-state index in [9.17, 15) is 0 Å². The molecule has 2 heterocycles. The molecule has 1 aromatic heterocycles. The topological polar surface area (TPSA) is 40.6 Å². The molecule has 1 aliphatic carbocycles. The fraction of sp³-hybridized carbons (Fsp3) is 0.812. The zero-order chi connectivity index (χ0) is 16.0. The minimum atomic E-state index is -0.341. The maximum Gasteiger partial charge on any atom is 0.507 e. The second-order valence-electron chi connectivity index (χ2n) is 7.40. The molecule has 0 aromatic carbocycles. The minimum Gasteiger partial charge on any atom is -0.467 e. The average molecular weight is 323 g/mol. The van der Waals surface area contributed by atoms with Crippen molar-refractivity contribution < 1.29 is 14.0 Å². The van der Waals surface area contributed by atoms with Crippen molar-refractivity contribution >= 4 is 23.2 Å². The van der Waals surface area contributed by atoms with Gasteiger partial charge >= 0.3 is 7.12 Å². The molecule has 1 aromatic rings. The lowest BCUT2D eigenvalue weighted by molar-refractivity contribution is 0.00578. The van der Waals surface area contributed by atoms with Crippen LogP contribution in [0.1, 0.15) is 65.5 Å². The molecule has 3 rings (SSSR count).